The van der Waals surface area contributed by atoms with Crippen LogP contribution >= 0.6 is 31.9 Å². The van der Waals surface area contributed by atoms with Gasteiger partial charge >= 0.3 is 6.18 Å². The number of phenolic OH excluding ortho intramolecular Hbond substituents is 1. The van der Waals surface area contributed by atoms with Crippen molar-refractivity contribution < 1.29 is 18.3 Å². The van der Waals surface area contributed by atoms with Crippen LogP contribution < -0.4 is 0 Å². The van der Waals surface area contributed by atoms with E-state index in [0.717, 1.165) is 5.56 Å². The van der Waals surface area contributed by atoms with Crippen LogP contribution in [-0.2, 0) is 6.54 Å². The second-order valence-corrected chi connectivity index (χ2v) is 5.72. The molecular weight excluding hydrogens is 379 g/mol. The lowest BCUT2D eigenvalue weighted by Gasteiger charge is -2.18. The molecule has 0 aliphatic heterocycles. The van der Waals surface area contributed by atoms with Gasteiger partial charge in [-0.05, 0) is 56.6 Å². The Hall–Kier alpha value is -0.270. The number of benzene rings is 1. The van der Waals surface area contributed by atoms with Crippen molar-refractivity contribution in [2.24, 2.45) is 0 Å². The van der Waals surface area contributed by atoms with Crippen LogP contribution in [0.4, 0.5) is 13.2 Å². The number of nitrogens with zero attached hydrogens (tertiary/aromatic N) is 1. The quantitative estimate of drug-likeness (QED) is 0.828. The minimum Gasteiger partial charge on any atom is -0.506 e. The van der Waals surface area contributed by atoms with Crippen molar-refractivity contribution in [2.45, 2.75) is 19.1 Å². The van der Waals surface area contributed by atoms with Crippen LogP contribution in [0.1, 0.15) is 12.0 Å². The molecule has 0 bridgehead atoms. The van der Waals surface area contributed by atoms with Gasteiger partial charge < -0.3 is 10.0 Å². The summed E-state index contributed by atoms with van der Waals surface area (Å²) in [6.07, 6.45) is -4.96. The molecule has 0 fully saturated rings. The summed E-state index contributed by atoms with van der Waals surface area (Å²) in [4.78, 5) is 1.58. The van der Waals surface area contributed by atoms with Crippen molar-refractivity contribution >= 4 is 31.9 Å². The Morgan fingerprint density at radius 2 is 1.72 bits per heavy atom. The Bertz CT molecular complexity index is 400. The van der Waals surface area contributed by atoms with Crippen LogP contribution in [0.3, 0.4) is 0 Å². The summed E-state index contributed by atoms with van der Waals surface area (Å²) in [6.45, 7) is 0.327. The zero-order chi connectivity index (χ0) is 13.9. The van der Waals surface area contributed by atoms with Gasteiger partial charge in [0.15, 0.2) is 0 Å². The first kappa shape index (κ1) is 15.8. The summed E-state index contributed by atoms with van der Waals surface area (Å²) in [5.74, 6) is 0.0803. The Balaban J connectivity index is 2.62. The van der Waals surface area contributed by atoms with Crippen molar-refractivity contribution in [2.75, 3.05) is 13.6 Å². The molecule has 0 aliphatic carbocycles. The average molecular weight is 391 g/mol. The van der Waals surface area contributed by atoms with E-state index in [-0.39, 0.29) is 12.3 Å². The molecule has 1 N–H and O–H groups in total. The zero-order valence-corrected chi connectivity index (χ0v) is 12.7. The van der Waals surface area contributed by atoms with Gasteiger partial charge in [0.25, 0.3) is 0 Å². The van der Waals surface area contributed by atoms with Crippen LogP contribution in [0.2, 0.25) is 0 Å². The highest BCUT2D eigenvalue weighted by Gasteiger charge is 2.27. The minimum absolute atomic E-state index is 0.0559. The monoisotopic (exact) mass is 389 g/mol. The molecule has 0 saturated carbocycles. The van der Waals surface area contributed by atoms with Crippen LogP contribution in [0.25, 0.3) is 0 Å². The van der Waals surface area contributed by atoms with E-state index in [1.807, 2.05) is 0 Å². The lowest BCUT2D eigenvalue weighted by molar-refractivity contribution is -0.137. The summed E-state index contributed by atoms with van der Waals surface area (Å²) in [5.41, 5.74) is 0.816. The number of hydrogen-bond donors (Lipinski definition) is 1. The highest BCUT2D eigenvalue weighted by Crippen LogP contribution is 2.33. The summed E-state index contributed by atoms with van der Waals surface area (Å²) in [6, 6.07) is 3.37. The van der Waals surface area contributed by atoms with E-state index in [0.29, 0.717) is 15.5 Å². The van der Waals surface area contributed by atoms with Crippen LogP contribution in [0.15, 0.2) is 21.1 Å². The molecule has 0 atom stereocenters. The maximum atomic E-state index is 12.1. The van der Waals surface area contributed by atoms with Gasteiger partial charge in [0, 0.05) is 13.1 Å². The molecule has 0 amide bonds. The maximum absolute atomic E-state index is 12.1. The van der Waals surface area contributed by atoms with Gasteiger partial charge in [0.2, 0.25) is 0 Å². The first-order chi connectivity index (χ1) is 8.19. The van der Waals surface area contributed by atoms with E-state index in [4.69, 9.17) is 0 Å². The van der Waals surface area contributed by atoms with Gasteiger partial charge in [-0.1, -0.05) is 0 Å². The second kappa shape index (κ2) is 6.25. The standard InChI is InChI=1S/C11H12Br2F3NO/c1-17(3-2-11(14,15)16)6-7-4-8(12)10(18)9(13)5-7/h4-5,18H,2-3,6H2,1H3. The number of alkyl halides is 3. The third-order valence-electron chi connectivity index (χ3n) is 2.31. The van der Waals surface area contributed by atoms with Gasteiger partial charge in [-0.2, -0.15) is 13.2 Å². The fourth-order valence-corrected chi connectivity index (χ4v) is 2.70. The summed E-state index contributed by atoms with van der Waals surface area (Å²) < 4.78 is 37.2. The number of aromatic hydroxyl groups is 1. The molecule has 2 nitrogen and oxygen atoms in total. The number of halogens is 5. The van der Waals surface area contributed by atoms with Gasteiger partial charge in [-0.15, -0.1) is 0 Å². The summed E-state index contributed by atoms with van der Waals surface area (Å²) >= 11 is 6.36. The summed E-state index contributed by atoms with van der Waals surface area (Å²) in [5, 5.41) is 9.52. The average Bonchev–Trinajstić information content (AvgIpc) is 2.22. The molecule has 7 heteroatoms. The highest BCUT2D eigenvalue weighted by atomic mass is 79.9. The van der Waals surface area contributed by atoms with Gasteiger partial charge in [0.1, 0.15) is 5.75 Å². The van der Waals surface area contributed by atoms with Crippen LogP contribution in [0.5, 0.6) is 5.75 Å². The van der Waals surface area contributed by atoms with E-state index in [1.165, 1.54) is 0 Å². The summed E-state index contributed by atoms with van der Waals surface area (Å²) in [7, 11) is 1.63. The molecule has 0 aromatic heterocycles. The fraction of sp³-hybridized carbons (Fsp3) is 0.455. The van der Waals surface area contributed by atoms with Gasteiger partial charge in [0.05, 0.1) is 15.4 Å². The molecule has 102 valence electrons. The molecule has 0 heterocycles. The van der Waals surface area contributed by atoms with E-state index in [1.54, 1.807) is 24.1 Å². The molecule has 1 aromatic carbocycles. The molecule has 0 radical (unpaired) electrons. The molecule has 1 aromatic rings. The van der Waals surface area contributed by atoms with Crippen molar-refractivity contribution in [1.29, 1.82) is 0 Å². The third-order valence-corrected chi connectivity index (χ3v) is 3.52. The topological polar surface area (TPSA) is 23.5 Å². The van der Waals surface area contributed by atoms with Crippen molar-refractivity contribution in [3.8, 4) is 5.75 Å². The molecule has 0 unspecified atom stereocenters. The Kier molecular flexibility index (Phi) is 5.48. The lowest BCUT2D eigenvalue weighted by Crippen LogP contribution is -2.24. The highest BCUT2D eigenvalue weighted by molar-refractivity contribution is 9.11. The Morgan fingerprint density at radius 3 is 2.17 bits per heavy atom. The number of phenols is 1. The van der Waals surface area contributed by atoms with Crippen molar-refractivity contribution in [3.63, 3.8) is 0 Å². The van der Waals surface area contributed by atoms with Crippen molar-refractivity contribution in [1.82, 2.24) is 4.90 Å². The van der Waals surface area contributed by atoms with Gasteiger partial charge in [-0.25, -0.2) is 0 Å². The zero-order valence-electron chi connectivity index (χ0n) is 9.56. The third kappa shape index (κ3) is 5.16. The number of hydrogen-bond acceptors (Lipinski definition) is 2. The molecule has 0 spiro atoms. The normalized spacial score (nSPS) is 12.2. The molecule has 18 heavy (non-hydrogen) atoms. The van der Waals surface area contributed by atoms with E-state index in [2.05, 4.69) is 31.9 Å². The lowest BCUT2D eigenvalue weighted by atomic mass is 10.2. The predicted octanol–water partition coefficient (Wildman–Crippen LogP) is 4.30. The van der Waals surface area contributed by atoms with Crippen molar-refractivity contribution in [3.05, 3.63) is 26.6 Å². The Morgan fingerprint density at radius 1 is 1.22 bits per heavy atom. The minimum atomic E-state index is -4.13. The van der Waals surface area contributed by atoms with E-state index < -0.39 is 12.6 Å². The van der Waals surface area contributed by atoms with E-state index >= 15 is 0 Å². The van der Waals surface area contributed by atoms with Gasteiger partial charge in [-0.3, -0.25) is 0 Å². The SMILES string of the molecule is CN(CCC(F)(F)F)Cc1cc(Br)c(O)c(Br)c1. The molecule has 1 rings (SSSR count). The first-order valence-electron chi connectivity index (χ1n) is 5.11. The second-order valence-electron chi connectivity index (χ2n) is 4.01. The van der Waals surface area contributed by atoms with Crippen LogP contribution in [-0.4, -0.2) is 29.8 Å². The van der Waals surface area contributed by atoms with Crippen LogP contribution in [0, 0.1) is 0 Å². The molecular formula is C11H12Br2F3NO. The van der Waals surface area contributed by atoms with E-state index in [9.17, 15) is 18.3 Å². The largest absolute Gasteiger partial charge is 0.506 e. The fourth-order valence-electron chi connectivity index (χ4n) is 1.42. The number of rotatable bonds is 4. The molecule has 0 saturated heterocycles. The molecule has 0 aliphatic rings. The maximum Gasteiger partial charge on any atom is 0.390 e. The Labute approximate surface area is 120 Å². The smallest absolute Gasteiger partial charge is 0.390 e. The first-order valence-corrected chi connectivity index (χ1v) is 6.70. The predicted molar refractivity (Wildman–Crippen MR) is 70.5 cm³/mol.